The van der Waals surface area contributed by atoms with Gasteiger partial charge in [0.15, 0.2) is 0 Å². The Kier molecular flexibility index (Phi) is 6.27. The summed E-state index contributed by atoms with van der Waals surface area (Å²) >= 11 is 1.33. The SMILES string of the molecule is CCOC(=O)CO/N=C1/SCCN(Cc2ccccc2)C1=O. The molecule has 1 saturated heterocycles. The predicted octanol–water partition coefficient (Wildman–Crippen LogP) is 1.66. The molecule has 1 aliphatic heterocycles. The quantitative estimate of drug-likeness (QED) is 0.588. The zero-order chi connectivity index (χ0) is 15.8. The lowest BCUT2D eigenvalue weighted by Crippen LogP contribution is -2.40. The van der Waals surface area contributed by atoms with E-state index in [0.29, 0.717) is 13.1 Å². The highest BCUT2D eigenvalue weighted by Crippen LogP contribution is 2.17. The van der Waals surface area contributed by atoms with Crippen molar-refractivity contribution in [3.63, 3.8) is 0 Å². The Hall–Kier alpha value is -2.02. The second-order valence-corrected chi connectivity index (χ2v) is 5.62. The van der Waals surface area contributed by atoms with Crippen molar-refractivity contribution < 1.29 is 19.2 Å². The number of benzene rings is 1. The minimum Gasteiger partial charge on any atom is -0.463 e. The molecule has 0 spiro atoms. The highest BCUT2D eigenvalue weighted by molar-refractivity contribution is 8.15. The van der Waals surface area contributed by atoms with E-state index in [-0.39, 0.29) is 24.2 Å². The first-order valence-corrected chi connectivity index (χ1v) is 8.01. The van der Waals surface area contributed by atoms with Crippen molar-refractivity contribution in [1.82, 2.24) is 4.90 Å². The van der Waals surface area contributed by atoms with E-state index in [2.05, 4.69) is 5.16 Å². The van der Waals surface area contributed by atoms with E-state index in [4.69, 9.17) is 9.57 Å². The number of carbonyl (C=O) groups is 2. The van der Waals surface area contributed by atoms with Gasteiger partial charge in [0, 0.05) is 18.8 Å². The van der Waals surface area contributed by atoms with E-state index in [9.17, 15) is 9.59 Å². The third kappa shape index (κ3) is 4.77. The van der Waals surface area contributed by atoms with Gasteiger partial charge in [-0.05, 0) is 12.5 Å². The Morgan fingerprint density at radius 2 is 2.14 bits per heavy atom. The Balaban J connectivity index is 1.90. The molecule has 0 unspecified atom stereocenters. The van der Waals surface area contributed by atoms with Crippen molar-refractivity contribution in [3.8, 4) is 0 Å². The largest absolute Gasteiger partial charge is 0.463 e. The average molecular weight is 322 g/mol. The van der Waals surface area contributed by atoms with Crippen LogP contribution in [0.4, 0.5) is 0 Å². The van der Waals surface area contributed by atoms with Crippen LogP contribution in [0.15, 0.2) is 35.5 Å². The highest BCUT2D eigenvalue weighted by Gasteiger charge is 2.26. The van der Waals surface area contributed by atoms with Gasteiger partial charge in [0.2, 0.25) is 11.7 Å². The summed E-state index contributed by atoms with van der Waals surface area (Å²) in [5, 5.41) is 4.04. The smallest absolute Gasteiger partial charge is 0.347 e. The molecule has 22 heavy (non-hydrogen) atoms. The molecular formula is C15H18N2O4S. The molecule has 0 aromatic heterocycles. The minimum absolute atomic E-state index is 0.177. The Morgan fingerprint density at radius 1 is 1.36 bits per heavy atom. The van der Waals surface area contributed by atoms with Gasteiger partial charge >= 0.3 is 5.97 Å². The first-order chi connectivity index (χ1) is 10.7. The molecule has 2 rings (SSSR count). The first kappa shape index (κ1) is 16.4. The van der Waals surface area contributed by atoms with Crippen LogP contribution in [0.25, 0.3) is 0 Å². The number of oxime groups is 1. The molecule has 0 radical (unpaired) electrons. The van der Waals surface area contributed by atoms with E-state index < -0.39 is 5.97 Å². The maximum atomic E-state index is 12.3. The molecule has 1 aliphatic rings. The maximum Gasteiger partial charge on any atom is 0.347 e. The normalized spacial score (nSPS) is 16.7. The molecule has 1 aromatic rings. The van der Waals surface area contributed by atoms with Gasteiger partial charge in [-0.15, -0.1) is 0 Å². The van der Waals surface area contributed by atoms with Crippen LogP contribution < -0.4 is 0 Å². The van der Waals surface area contributed by atoms with Crippen LogP contribution in [0.2, 0.25) is 0 Å². The van der Waals surface area contributed by atoms with E-state index in [1.54, 1.807) is 11.8 Å². The van der Waals surface area contributed by atoms with Crippen molar-refractivity contribution in [2.24, 2.45) is 5.16 Å². The monoisotopic (exact) mass is 322 g/mol. The van der Waals surface area contributed by atoms with E-state index in [1.807, 2.05) is 30.3 Å². The maximum absolute atomic E-state index is 12.3. The number of hydrogen-bond acceptors (Lipinski definition) is 6. The predicted molar refractivity (Wildman–Crippen MR) is 84.3 cm³/mol. The number of carbonyl (C=O) groups excluding carboxylic acids is 2. The van der Waals surface area contributed by atoms with Gasteiger partial charge in [-0.3, -0.25) is 4.79 Å². The summed E-state index contributed by atoms with van der Waals surface area (Å²) in [5.74, 6) is 0.0744. The lowest BCUT2D eigenvalue weighted by Gasteiger charge is -2.26. The summed E-state index contributed by atoms with van der Waals surface area (Å²) in [7, 11) is 0. The molecule has 0 aliphatic carbocycles. The van der Waals surface area contributed by atoms with Gasteiger partial charge in [-0.25, -0.2) is 4.79 Å². The second kappa shape index (κ2) is 8.43. The van der Waals surface area contributed by atoms with Crippen LogP contribution in [0.5, 0.6) is 0 Å². The summed E-state index contributed by atoms with van der Waals surface area (Å²) in [6, 6.07) is 9.77. The molecule has 0 saturated carbocycles. The molecule has 0 bridgehead atoms. The lowest BCUT2D eigenvalue weighted by atomic mass is 10.2. The van der Waals surface area contributed by atoms with Gasteiger partial charge < -0.3 is 14.5 Å². The molecule has 7 heteroatoms. The second-order valence-electron chi connectivity index (χ2n) is 4.54. The van der Waals surface area contributed by atoms with Gasteiger partial charge in [0.1, 0.15) is 0 Å². The third-order valence-electron chi connectivity index (χ3n) is 2.92. The molecule has 1 aromatic carbocycles. The topological polar surface area (TPSA) is 68.2 Å². The molecule has 1 heterocycles. The zero-order valence-corrected chi connectivity index (χ0v) is 13.2. The third-order valence-corrected chi connectivity index (χ3v) is 3.83. The van der Waals surface area contributed by atoms with Crippen molar-refractivity contribution in [2.75, 3.05) is 25.5 Å². The lowest BCUT2D eigenvalue weighted by molar-refractivity contribution is -0.148. The fraction of sp³-hybridized carbons (Fsp3) is 0.400. The van der Waals surface area contributed by atoms with Crippen LogP contribution in [-0.2, 0) is 25.7 Å². The van der Waals surface area contributed by atoms with Crippen molar-refractivity contribution in [2.45, 2.75) is 13.5 Å². The number of ether oxygens (including phenoxy) is 1. The van der Waals surface area contributed by atoms with E-state index in [0.717, 1.165) is 11.3 Å². The van der Waals surface area contributed by atoms with Crippen LogP contribution in [0.1, 0.15) is 12.5 Å². The molecule has 0 atom stereocenters. The summed E-state index contributed by atoms with van der Waals surface area (Å²) in [6.45, 7) is 2.92. The van der Waals surface area contributed by atoms with Crippen LogP contribution in [0, 0.1) is 0 Å². The summed E-state index contributed by atoms with van der Waals surface area (Å²) in [6.07, 6.45) is 0. The number of nitrogens with zero attached hydrogens (tertiary/aromatic N) is 2. The Bertz CT molecular complexity index is 548. The number of hydrogen-bond donors (Lipinski definition) is 0. The van der Waals surface area contributed by atoms with Crippen LogP contribution in [-0.4, -0.2) is 47.3 Å². The molecule has 6 nitrogen and oxygen atoms in total. The highest BCUT2D eigenvalue weighted by atomic mass is 32.2. The molecular weight excluding hydrogens is 304 g/mol. The number of thioether (sulfide) groups is 1. The molecule has 118 valence electrons. The van der Waals surface area contributed by atoms with Gasteiger partial charge in [-0.2, -0.15) is 0 Å². The summed E-state index contributed by atoms with van der Waals surface area (Å²) in [4.78, 5) is 30.1. The number of esters is 1. The standard InChI is InChI=1S/C15H18N2O4S/c1-2-20-13(18)11-21-16-14-15(19)17(8-9-22-14)10-12-6-4-3-5-7-12/h3-7H,2,8-11H2,1H3/b16-14+. The minimum atomic E-state index is -0.499. The number of rotatable bonds is 6. The summed E-state index contributed by atoms with van der Waals surface area (Å²) in [5.41, 5.74) is 1.06. The molecule has 1 amide bonds. The fourth-order valence-electron chi connectivity index (χ4n) is 1.92. The van der Waals surface area contributed by atoms with Crippen molar-refractivity contribution in [1.29, 1.82) is 0 Å². The first-order valence-electron chi connectivity index (χ1n) is 7.02. The Morgan fingerprint density at radius 3 is 2.86 bits per heavy atom. The zero-order valence-electron chi connectivity index (χ0n) is 12.4. The summed E-state index contributed by atoms with van der Waals surface area (Å²) < 4.78 is 4.72. The average Bonchev–Trinajstić information content (AvgIpc) is 2.52. The van der Waals surface area contributed by atoms with E-state index >= 15 is 0 Å². The van der Waals surface area contributed by atoms with Crippen LogP contribution in [0.3, 0.4) is 0 Å². The Labute approximate surface area is 133 Å². The molecule has 0 N–H and O–H groups in total. The van der Waals surface area contributed by atoms with Crippen LogP contribution >= 0.6 is 11.8 Å². The van der Waals surface area contributed by atoms with Gasteiger partial charge in [0.05, 0.1) is 6.61 Å². The fourth-order valence-corrected chi connectivity index (χ4v) is 2.78. The van der Waals surface area contributed by atoms with Gasteiger partial charge in [0.25, 0.3) is 5.91 Å². The van der Waals surface area contributed by atoms with Crippen molar-refractivity contribution >= 4 is 28.7 Å². The number of amides is 1. The molecule has 1 fully saturated rings. The van der Waals surface area contributed by atoms with E-state index in [1.165, 1.54) is 11.8 Å². The van der Waals surface area contributed by atoms with Crippen molar-refractivity contribution in [3.05, 3.63) is 35.9 Å². The van der Waals surface area contributed by atoms with Gasteiger partial charge in [-0.1, -0.05) is 47.2 Å².